The van der Waals surface area contributed by atoms with Crippen LogP contribution in [-0.2, 0) is 6.54 Å². The topological polar surface area (TPSA) is 21.3 Å². The Morgan fingerprint density at radius 3 is 2.68 bits per heavy atom. The van der Waals surface area contributed by atoms with E-state index in [1.165, 1.54) is 37.7 Å². The van der Waals surface area contributed by atoms with E-state index in [0.717, 1.165) is 24.8 Å². The van der Waals surface area contributed by atoms with E-state index in [1.807, 2.05) is 13.0 Å². The number of benzene rings is 1. The Morgan fingerprint density at radius 1 is 1.21 bits per heavy atom. The van der Waals surface area contributed by atoms with Gasteiger partial charge in [0.05, 0.1) is 6.61 Å². The molecule has 2 rings (SSSR count). The maximum atomic E-state index is 5.67. The normalized spacial score (nSPS) is 18.2. The van der Waals surface area contributed by atoms with Gasteiger partial charge in [0.2, 0.25) is 0 Å². The number of nitrogens with one attached hydrogen (secondary N) is 1. The van der Waals surface area contributed by atoms with Gasteiger partial charge in [-0.1, -0.05) is 37.5 Å². The third-order valence-corrected chi connectivity index (χ3v) is 4.24. The van der Waals surface area contributed by atoms with E-state index in [-0.39, 0.29) is 0 Å². The van der Waals surface area contributed by atoms with E-state index < -0.39 is 0 Å². The second kappa shape index (κ2) is 7.54. The molecule has 0 heterocycles. The van der Waals surface area contributed by atoms with Gasteiger partial charge in [-0.3, -0.25) is 0 Å². The van der Waals surface area contributed by atoms with Gasteiger partial charge >= 0.3 is 0 Å². The molecule has 2 nitrogen and oxygen atoms in total. The lowest BCUT2D eigenvalue weighted by Gasteiger charge is -2.28. The van der Waals surface area contributed by atoms with Crippen LogP contribution in [0.5, 0.6) is 5.75 Å². The fraction of sp³-hybridized carbons (Fsp3) is 0.647. The van der Waals surface area contributed by atoms with Crippen molar-refractivity contribution < 1.29 is 4.74 Å². The molecule has 1 aromatic rings. The Morgan fingerprint density at radius 2 is 1.95 bits per heavy atom. The Hall–Kier alpha value is -1.02. The fourth-order valence-electron chi connectivity index (χ4n) is 3.02. The van der Waals surface area contributed by atoms with Gasteiger partial charge in [0.15, 0.2) is 0 Å². The van der Waals surface area contributed by atoms with Crippen LogP contribution in [0.1, 0.15) is 51.5 Å². The highest BCUT2D eigenvalue weighted by atomic mass is 16.5. The predicted molar refractivity (Wildman–Crippen MR) is 80.5 cm³/mol. The summed E-state index contributed by atoms with van der Waals surface area (Å²) >= 11 is 0. The molecule has 1 atom stereocenters. The summed E-state index contributed by atoms with van der Waals surface area (Å²) in [5.74, 6) is 1.88. The lowest BCUT2D eigenvalue weighted by Crippen LogP contribution is -2.34. The largest absolute Gasteiger partial charge is 0.494 e. The second-order valence-electron chi connectivity index (χ2n) is 5.61. The summed E-state index contributed by atoms with van der Waals surface area (Å²) in [6, 6.07) is 8.95. The van der Waals surface area contributed by atoms with Crippen molar-refractivity contribution in [3.63, 3.8) is 0 Å². The first-order valence-electron chi connectivity index (χ1n) is 7.75. The second-order valence-corrected chi connectivity index (χ2v) is 5.61. The molecule has 0 radical (unpaired) electrons. The van der Waals surface area contributed by atoms with Gasteiger partial charge in [0.1, 0.15) is 5.75 Å². The molecule has 1 aromatic carbocycles. The smallest absolute Gasteiger partial charge is 0.123 e. The molecule has 1 unspecified atom stereocenters. The van der Waals surface area contributed by atoms with Gasteiger partial charge in [-0.25, -0.2) is 0 Å². The molecule has 0 amide bonds. The first kappa shape index (κ1) is 14.4. The Kier molecular flexibility index (Phi) is 5.71. The van der Waals surface area contributed by atoms with Gasteiger partial charge in [-0.05, 0) is 38.7 Å². The minimum absolute atomic E-state index is 0.606. The molecule has 106 valence electrons. The van der Waals surface area contributed by atoms with Gasteiger partial charge in [-0.15, -0.1) is 0 Å². The summed E-state index contributed by atoms with van der Waals surface area (Å²) in [7, 11) is 0. The quantitative estimate of drug-likeness (QED) is 0.831. The first-order chi connectivity index (χ1) is 9.31. The Labute approximate surface area is 117 Å². The Bertz CT molecular complexity index is 371. The Balaban J connectivity index is 1.87. The van der Waals surface area contributed by atoms with Crippen molar-refractivity contribution in [3.05, 3.63) is 29.8 Å². The molecule has 0 aliphatic heterocycles. The van der Waals surface area contributed by atoms with Crippen molar-refractivity contribution in [2.45, 2.75) is 58.5 Å². The molecule has 1 aliphatic carbocycles. The average molecular weight is 261 g/mol. The number of hydrogen-bond acceptors (Lipinski definition) is 2. The number of ether oxygens (including phenoxy) is 1. The highest BCUT2D eigenvalue weighted by Gasteiger charge is 2.19. The van der Waals surface area contributed by atoms with Crippen molar-refractivity contribution in [3.8, 4) is 5.75 Å². The zero-order valence-corrected chi connectivity index (χ0v) is 12.3. The van der Waals surface area contributed by atoms with Crippen LogP contribution >= 0.6 is 0 Å². The van der Waals surface area contributed by atoms with E-state index >= 15 is 0 Å². The molecule has 0 saturated heterocycles. The first-order valence-corrected chi connectivity index (χ1v) is 7.75. The average Bonchev–Trinajstić information content (AvgIpc) is 2.47. The molecule has 0 aromatic heterocycles. The molecule has 19 heavy (non-hydrogen) atoms. The lowest BCUT2D eigenvalue weighted by atomic mass is 9.84. The standard InChI is InChI=1S/C17H27NO/c1-3-19-17-12-8-7-11-16(17)13-18-14(2)15-9-5-4-6-10-15/h7-8,11-12,14-15,18H,3-6,9-10,13H2,1-2H3. The summed E-state index contributed by atoms with van der Waals surface area (Å²) < 4.78 is 5.67. The van der Waals surface area contributed by atoms with Crippen LogP contribution in [-0.4, -0.2) is 12.6 Å². The highest BCUT2D eigenvalue weighted by Crippen LogP contribution is 2.27. The van der Waals surface area contributed by atoms with E-state index in [4.69, 9.17) is 4.74 Å². The molecular weight excluding hydrogens is 234 g/mol. The zero-order valence-electron chi connectivity index (χ0n) is 12.3. The predicted octanol–water partition coefficient (Wildman–Crippen LogP) is 4.14. The number of hydrogen-bond donors (Lipinski definition) is 1. The SMILES string of the molecule is CCOc1ccccc1CNC(C)C1CCCCC1. The van der Waals surface area contributed by atoms with Gasteiger partial charge < -0.3 is 10.1 Å². The van der Waals surface area contributed by atoms with E-state index in [2.05, 4.69) is 30.4 Å². The molecule has 2 heteroatoms. The minimum atomic E-state index is 0.606. The molecule has 0 spiro atoms. The summed E-state index contributed by atoms with van der Waals surface area (Å²) in [6.07, 6.45) is 7.03. The third kappa shape index (κ3) is 4.24. The van der Waals surface area contributed by atoms with Gasteiger partial charge in [-0.2, -0.15) is 0 Å². The van der Waals surface area contributed by atoms with E-state index in [0.29, 0.717) is 6.04 Å². The molecular formula is C17H27NO. The van der Waals surface area contributed by atoms with Crippen molar-refractivity contribution >= 4 is 0 Å². The van der Waals surface area contributed by atoms with Gasteiger partial charge in [0, 0.05) is 18.2 Å². The molecule has 1 aliphatic rings. The van der Waals surface area contributed by atoms with Crippen molar-refractivity contribution in [1.29, 1.82) is 0 Å². The fourth-order valence-corrected chi connectivity index (χ4v) is 3.02. The van der Waals surface area contributed by atoms with Crippen LogP contribution in [0.15, 0.2) is 24.3 Å². The van der Waals surface area contributed by atoms with E-state index in [9.17, 15) is 0 Å². The number of para-hydroxylation sites is 1. The summed E-state index contributed by atoms with van der Waals surface area (Å²) in [5, 5.41) is 3.69. The van der Waals surface area contributed by atoms with Crippen LogP contribution in [0.25, 0.3) is 0 Å². The van der Waals surface area contributed by atoms with Crippen LogP contribution in [0.4, 0.5) is 0 Å². The summed E-state index contributed by atoms with van der Waals surface area (Å²) in [6.45, 7) is 6.01. The maximum absolute atomic E-state index is 5.67. The van der Waals surface area contributed by atoms with Crippen LogP contribution in [0.2, 0.25) is 0 Å². The van der Waals surface area contributed by atoms with Crippen LogP contribution < -0.4 is 10.1 Å². The summed E-state index contributed by atoms with van der Waals surface area (Å²) in [5.41, 5.74) is 1.27. The van der Waals surface area contributed by atoms with Crippen LogP contribution in [0, 0.1) is 5.92 Å². The monoisotopic (exact) mass is 261 g/mol. The van der Waals surface area contributed by atoms with Crippen molar-refractivity contribution in [2.75, 3.05) is 6.61 Å². The van der Waals surface area contributed by atoms with Crippen molar-refractivity contribution in [2.24, 2.45) is 5.92 Å². The van der Waals surface area contributed by atoms with Gasteiger partial charge in [0.25, 0.3) is 0 Å². The van der Waals surface area contributed by atoms with Crippen LogP contribution in [0.3, 0.4) is 0 Å². The van der Waals surface area contributed by atoms with E-state index in [1.54, 1.807) is 0 Å². The third-order valence-electron chi connectivity index (χ3n) is 4.24. The summed E-state index contributed by atoms with van der Waals surface area (Å²) in [4.78, 5) is 0. The minimum Gasteiger partial charge on any atom is -0.494 e. The molecule has 1 N–H and O–H groups in total. The molecule has 1 saturated carbocycles. The lowest BCUT2D eigenvalue weighted by molar-refractivity contribution is 0.278. The maximum Gasteiger partial charge on any atom is 0.123 e. The zero-order chi connectivity index (χ0) is 13.5. The number of rotatable bonds is 6. The molecule has 0 bridgehead atoms. The molecule has 1 fully saturated rings. The van der Waals surface area contributed by atoms with Crippen molar-refractivity contribution in [1.82, 2.24) is 5.32 Å². The highest BCUT2D eigenvalue weighted by molar-refractivity contribution is 5.33.